The number of ether oxygens (including phenoxy) is 1. The van der Waals surface area contributed by atoms with E-state index in [0.717, 1.165) is 0 Å². The minimum atomic E-state index is -0.983. The average Bonchev–Trinajstić information content (AvgIpc) is 2.66. The number of carboxylic acid groups (broad SMARTS) is 1. The van der Waals surface area contributed by atoms with Gasteiger partial charge in [-0.25, -0.2) is 4.79 Å². The monoisotopic (exact) mass is 229 g/mol. The molecule has 1 fully saturated rings. The van der Waals surface area contributed by atoms with E-state index < -0.39 is 18.2 Å². The van der Waals surface area contributed by atoms with Gasteiger partial charge in [-0.1, -0.05) is 0 Å². The van der Waals surface area contributed by atoms with Crippen LogP contribution < -0.4 is 0 Å². The summed E-state index contributed by atoms with van der Waals surface area (Å²) in [4.78, 5) is 24.4. The third kappa shape index (κ3) is 2.72. The minimum absolute atomic E-state index is 0.0961. The molecule has 0 unspecified atom stereocenters. The first kappa shape index (κ1) is 13.0. The Kier molecular flexibility index (Phi) is 4.29. The van der Waals surface area contributed by atoms with Gasteiger partial charge in [0.25, 0.3) is 5.91 Å². The van der Waals surface area contributed by atoms with E-state index in [4.69, 9.17) is 9.84 Å². The van der Waals surface area contributed by atoms with E-state index in [-0.39, 0.29) is 11.9 Å². The fourth-order valence-corrected chi connectivity index (χ4v) is 1.96. The van der Waals surface area contributed by atoms with E-state index in [1.54, 1.807) is 4.90 Å². The van der Waals surface area contributed by atoms with Crippen LogP contribution in [0, 0.1) is 0 Å². The van der Waals surface area contributed by atoms with E-state index in [0.29, 0.717) is 19.4 Å². The summed E-state index contributed by atoms with van der Waals surface area (Å²) in [5, 5.41) is 8.77. The highest BCUT2D eigenvalue weighted by molar-refractivity contribution is 5.83. The van der Waals surface area contributed by atoms with Gasteiger partial charge in [0.05, 0.1) is 0 Å². The van der Waals surface area contributed by atoms with Crippen molar-refractivity contribution in [1.29, 1.82) is 0 Å². The molecular formula is C11H19NO4. The SMILES string of the molecule is CCN(C(=O)[C@@H]1CC[C@H](C(=O)O)O1)C(C)C. The molecule has 0 aliphatic carbocycles. The van der Waals surface area contributed by atoms with Crippen molar-refractivity contribution in [2.24, 2.45) is 0 Å². The number of carbonyl (C=O) groups excluding carboxylic acids is 1. The standard InChI is InChI=1S/C11H19NO4/c1-4-12(7(2)3)10(13)8-5-6-9(16-8)11(14)15/h7-9H,4-6H2,1-3H3,(H,14,15)/t8-,9+/m0/s1. The Morgan fingerprint density at radius 2 is 1.94 bits per heavy atom. The van der Waals surface area contributed by atoms with Gasteiger partial charge in [-0.05, 0) is 33.6 Å². The zero-order valence-corrected chi connectivity index (χ0v) is 9.97. The maximum atomic E-state index is 12.0. The van der Waals surface area contributed by atoms with Crippen molar-refractivity contribution >= 4 is 11.9 Å². The Morgan fingerprint density at radius 3 is 2.31 bits per heavy atom. The summed E-state index contributed by atoms with van der Waals surface area (Å²) in [7, 11) is 0. The van der Waals surface area contributed by atoms with Crippen LogP contribution in [0.4, 0.5) is 0 Å². The Balaban J connectivity index is 2.59. The van der Waals surface area contributed by atoms with Gasteiger partial charge in [0.2, 0.25) is 0 Å². The highest BCUT2D eigenvalue weighted by atomic mass is 16.5. The summed E-state index contributed by atoms with van der Waals surface area (Å²) in [6, 6.07) is 0.116. The number of amides is 1. The molecule has 2 atom stereocenters. The van der Waals surface area contributed by atoms with Crippen LogP contribution in [0.1, 0.15) is 33.6 Å². The molecule has 5 nitrogen and oxygen atoms in total. The van der Waals surface area contributed by atoms with Gasteiger partial charge in [-0.2, -0.15) is 0 Å². The number of hydrogen-bond acceptors (Lipinski definition) is 3. The molecule has 5 heteroatoms. The molecule has 0 aromatic carbocycles. The topological polar surface area (TPSA) is 66.8 Å². The molecule has 0 bridgehead atoms. The third-order valence-electron chi connectivity index (χ3n) is 2.82. The highest BCUT2D eigenvalue weighted by Gasteiger charge is 2.36. The van der Waals surface area contributed by atoms with Crippen molar-refractivity contribution in [3.63, 3.8) is 0 Å². The zero-order chi connectivity index (χ0) is 12.3. The molecule has 1 amide bonds. The second-order valence-electron chi connectivity index (χ2n) is 4.25. The molecule has 1 N–H and O–H groups in total. The van der Waals surface area contributed by atoms with Crippen molar-refractivity contribution in [3.05, 3.63) is 0 Å². The van der Waals surface area contributed by atoms with Gasteiger partial charge in [0, 0.05) is 12.6 Å². The predicted octanol–water partition coefficient (Wildman–Crippen LogP) is 0.875. The molecule has 0 radical (unpaired) electrons. The highest BCUT2D eigenvalue weighted by Crippen LogP contribution is 2.22. The fraction of sp³-hybridized carbons (Fsp3) is 0.818. The lowest BCUT2D eigenvalue weighted by molar-refractivity contribution is -0.155. The molecule has 0 spiro atoms. The molecule has 0 saturated carbocycles. The number of carboxylic acids is 1. The molecule has 0 aromatic rings. The summed E-state index contributed by atoms with van der Waals surface area (Å²) >= 11 is 0. The lowest BCUT2D eigenvalue weighted by Gasteiger charge is -2.27. The maximum absolute atomic E-state index is 12.0. The Labute approximate surface area is 95.4 Å². The Morgan fingerprint density at radius 1 is 1.38 bits per heavy atom. The lowest BCUT2D eigenvalue weighted by Crippen LogP contribution is -2.43. The quantitative estimate of drug-likeness (QED) is 0.777. The first-order valence-corrected chi connectivity index (χ1v) is 5.66. The summed E-state index contributed by atoms with van der Waals surface area (Å²) in [5.41, 5.74) is 0. The smallest absolute Gasteiger partial charge is 0.332 e. The van der Waals surface area contributed by atoms with Gasteiger partial charge in [-0.3, -0.25) is 4.79 Å². The fourth-order valence-electron chi connectivity index (χ4n) is 1.96. The minimum Gasteiger partial charge on any atom is -0.479 e. The van der Waals surface area contributed by atoms with Gasteiger partial charge in [-0.15, -0.1) is 0 Å². The van der Waals surface area contributed by atoms with Crippen LogP contribution in [0.15, 0.2) is 0 Å². The number of aliphatic carboxylic acids is 1. The number of hydrogen-bond donors (Lipinski definition) is 1. The Bertz CT molecular complexity index is 277. The van der Waals surface area contributed by atoms with Crippen LogP contribution in [0.5, 0.6) is 0 Å². The first-order chi connectivity index (χ1) is 7.47. The summed E-state index contributed by atoms with van der Waals surface area (Å²) in [5.74, 6) is -1.08. The van der Waals surface area contributed by atoms with E-state index in [1.807, 2.05) is 20.8 Å². The van der Waals surface area contributed by atoms with E-state index in [2.05, 4.69) is 0 Å². The van der Waals surface area contributed by atoms with E-state index in [9.17, 15) is 9.59 Å². The van der Waals surface area contributed by atoms with Gasteiger partial charge < -0.3 is 14.7 Å². The van der Waals surface area contributed by atoms with Crippen molar-refractivity contribution in [2.45, 2.75) is 51.9 Å². The average molecular weight is 229 g/mol. The van der Waals surface area contributed by atoms with Crippen molar-refractivity contribution in [1.82, 2.24) is 4.90 Å². The molecule has 1 rings (SSSR count). The number of carbonyl (C=O) groups is 2. The van der Waals surface area contributed by atoms with Crippen LogP contribution in [0.25, 0.3) is 0 Å². The zero-order valence-electron chi connectivity index (χ0n) is 9.97. The molecule has 16 heavy (non-hydrogen) atoms. The predicted molar refractivity (Wildman–Crippen MR) is 58.1 cm³/mol. The number of nitrogens with zero attached hydrogens (tertiary/aromatic N) is 1. The first-order valence-electron chi connectivity index (χ1n) is 5.66. The second-order valence-corrected chi connectivity index (χ2v) is 4.25. The van der Waals surface area contributed by atoms with Crippen LogP contribution >= 0.6 is 0 Å². The summed E-state index contributed by atoms with van der Waals surface area (Å²) < 4.78 is 5.23. The summed E-state index contributed by atoms with van der Waals surface area (Å²) in [6.07, 6.45) is -0.483. The van der Waals surface area contributed by atoms with Crippen LogP contribution in [0.2, 0.25) is 0 Å². The molecular weight excluding hydrogens is 210 g/mol. The summed E-state index contributed by atoms with van der Waals surface area (Å²) in [6.45, 7) is 6.39. The third-order valence-corrected chi connectivity index (χ3v) is 2.82. The van der Waals surface area contributed by atoms with Crippen LogP contribution in [-0.2, 0) is 14.3 Å². The van der Waals surface area contributed by atoms with Gasteiger partial charge in [0.15, 0.2) is 6.10 Å². The van der Waals surface area contributed by atoms with Crippen LogP contribution in [0.3, 0.4) is 0 Å². The molecule has 1 aliphatic heterocycles. The van der Waals surface area contributed by atoms with E-state index >= 15 is 0 Å². The van der Waals surface area contributed by atoms with Crippen molar-refractivity contribution in [3.8, 4) is 0 Å². The number of likely N-dealkylation sites (N-methyl/N-ethyl adjacent to an activating group) is 1. The second kappa shape index (κ2) is 5.30. The lowest BCUT2D eigenvalue weighted by atomic mass is 10.1. The van der Waals surface area contributed by atoms with Gasteiger partial charge >= 0.3 is 5.97 Å². The van der Waals surface area contributed by atoms with E-state index in [1.165, 1.54) is 0 Å². The van der Waals surface area contributed by atoms with Gasteiger partial charge in [0.1, 0.15) is 6.10 Å². The van der Waals surface area contributed by atoms with Crippen LogP contribution in [-0.4, -0.2) is 46.7 Å². The Hall–Kier alpha value is -1.10. The largest absolute Gasteiger partial charge is 0.479 e. The van der Waals surface area contributed by atoms with Crippen molar-refractivity contribution in [2.75, 3.05) is 6.54 Å². The number of rotatable bonds is 4. The molecule has 1 saturated heterocycles. The molecule has 1 aliphatic rings. The molecule has 0 aromatic heterocycles. The molecule has 92 valence electrons. The normalized spacial score (nSPS) is 24.8. The van der Waals surface area contributed by atoms with Crippen molar-refractivity contribution < 1.29 is 19.4 Å². The maximum Gasteiger partial charge on any atom is 0.332 e. The molecule has 1 heterocycles.